The van der Waals surface area contributed by atoms with Gasteiger partial charge < -0.3 is 20.3 Å². The van der Waals surface area contributed by atoms with Gasteiger partial charge in [-0.15, -0.1) is 0 Å². The van der Waals surface area contributed by atoms with Crippen LogP contribution < -0.4 is 10.0 Å². The maximum atomic E-state index is 11.0. The van der Waals surface area contributed by atoms with Crippen LogP contribution in [0.3, 0.4) is 0 Å². The summed E-state index contributed by atoms with van der Waals surface area (Å²) in [4.78, 5) is 17.8. The lowest BCUT2D eigenvalue weighted by Crippen LogP contribution is -2.47. The highest BCUT2D eigenvalue weighted by atomic mass is 32.2. The van der Waals surface area contributed by atoms with Gasteiger partial charge in [0.25, 0.3) is 0 Å². The lowest BCUT2D eigenvalue weighted by molar-refractivity contribution is -0.0331. The molecule has 2 aliphatic heterocycles. The Bertz CT molecular complexity index is 1320. The SMILES string of the molecule is O=S(=O)(O)NC[C@H]1O[C@@H](n2cnc3c(NCCN4CCN(Cc5ccccc5)CC4)ncnc32)[C@H](O)[C@@H]1O. The third-order valence-corrected chi connectivity index (χ3v) is 7.40. The first-order valence-electron chi connectivity index (χ1n) is 12.4. The highest BCUT2D eigenvalue weighted by molar-refractivity contribution is 7.83. The molecule has 4 heterocycles. The number of rotatable bonds is 10. The average Bonchev–Trinajstić information content (AvgIpc) is 3.45. The number of aliphatic hydroxyl groups is 2. The van der Waals surface area contributed by atoms with E-state index in [-0.39, 0.29) is 0 Å². The van der Waals surface area contributed by atoms with Gasteiger partial charge in [0.1, 0.15) is 24.6 Å². The molecule has 0 aliphatic carbocycles. The molecule has 15 heteroatoms. The fraction of sp³-hybridized carbons (Fsp3) is 0.522. The zero-order valence-electron chi connectivity index (χ0n) is 20.7. The molecule has 0 unspecified atom stereocenters. The lowest BCUT2D eigenvalue weighted by Gasteiger charge is -2.34. The normalized spacial score (nSPS) is 25.2. The minimum absolute atomic E-state index is 0.386. The number of nitrogens with zero attached hydrogens (tertiary/aromatic N) is 6. The minimum atomic E-state index is -4.47. The van der Waals surface area contributed by atoms with Gasteiger partial charge in [-0.05, 0) is 5.56 Å². The Kier molecular flexibility index (Phi) is 8.15. The number of nitrogens with one attached hydrogen (secondary N) is 2. The third kappa shape index (κ3) is 6.27. The minimum Gasteiger partial charge on any atom is -0.387 e. The van der Waals surface area contributed by atoms with Crippen molar-refractivity contribution in [3.05, 3.63) is 48.5 Å². The van der Waals surface area contributed by atoms with Crippen LogP contribution in [-0.2, 0) is 21.6 Å². The summed E-state index contributed by atoms with van der Waals surface area (Å²) >= 11 is 0. The van der Waals surface area contributed by atoms with Crippen molar-refractivity contribution in [2.45, 2.75) is 31.1 Å². The first-order valence-corrected chi connectivity index (χ1v) is 13.9. The number of fused-ring (bicyclic) bond motifs is 1. The molecule has 4 atom stereocenters. The molecule has 5 N–H and O–H groups in total. The molecule has 2 saturated heterocycles. The van der Waals surface area contributed by atoms with Crippen LogP contribution in [0, 0.1) is 0 Å². The Morgan fingerprint density at radius 3 is 2.47 bits per heavy atom. The lowest BCUT2D eigenvalue weighted by atomic mass is 10.1. The van der Waals surface area contributed by atoms with Crippen molar-refractivity contribution in [1.29, 1.82) is 0 Å². The maximum Gasteiger partial charge on any atom is 0.333 e. The maximum absolute atomic E-state index is 11.0. The summed E-state index contributed by atoms with van der Waals surface area (Å²) in [6.45, 7) is 6.02. The molecule has 5 rings (SSSR count). The van der Waals surface area contributed by atoms with E-state index in [0.29, 0.717) is 23.5 Å². The molecule has 0 saturated carbocycles. The molecule has 2 fully saturated rings. The molecule has 14 nitrogen and oxygen atoms in total. The standard InChI is InChI=1S/C23H32N8O6S/c32-19-17(12-28-38(34,35)36)37-23(20(19)33)31-15-27-18-21(25-14-26-22(18)31)24-6-7-29-8-10-30(11-9-29)13-16-4-2-1-3-5-16/h1-5,14-15,17,19-20,23,28,32-33H,6-13H2,(H,24,25,26)(H,34,35,36)/t17-,19-,20-,23-/m1/s1. The number of anilines is 1. The summed E-state index contributed by atoms with van der Waals surface area (Å²) in [5.74, 6) is 0.536. The number of hydrogen-bond acceptors (Lipinski definition) is 11. The number of ether oxygens (including phenoxy) is 1. The Morgan fingerprint density at radius 2 is 1.74 bits per heavy atom. The van der Waals surface area contributed by atoms with Crippen LogP contribution >= 0.6 is 0 Å². The topological polar surface area (TPSA) is 178 Å². The van der Waals surface area contributed by atoms with Gasteiger partial charge in [0.2, 0.25) is 0 Å². The monoisotopic (exact) mass is 548 g/mol. The second-order valence-corrected chi connectivity index (χ2v) is 10.7. The van der Waals surface area contributed by atoms with E-state index >= 15 is 0 Å². The summed E-state index contributed by atoms with van der Waals surface area (Å²) in [5, 5.41) is 24.1. The molecule has 0 radical (unpaired) electrons. The van der Waals surface area contributed by atoms with Crippen molar-refractivity contribution in [3.8, 4) is 0 Å². The molecule has 0 spiro atoms. The van der Waals surface area contributed by atoms with Crippen molar-refractivity contribution >= 4 is 27.3 Å². The summed E-state index contributed by atoms with van der Waals surface area (Å²) in [6, 6.07) is 10.5. The molecule has 2 aromatic heterocycles. The smallest absolute Gasteiger partial charge is 0.333 e. The van der Waals surface area contributed by atoms with Crippen LogP contribution in [0.25, 0.3) is 11.2 Å². The molecule has 1 aromatic carbocycles. The quantitative estimate of drug-likeness (QED) is 0.197. The van der Waals surface area contributed by atoms with E-state index in [2.05, 4.69) is 54.3 Å². The predicted octanol–water partition coefficient (Wildman–Crippen LogP) is -0.932. The zero-order valence-corrected chi connectivity index (χ0v) is 21.5. The van der Waals surface area contributed by atoms with Crippen molar-refractivity contribution in [2.24, 2.45) is 0 Å². The summed E-state index contributed by atoms with van der Waals surface area (Å²) < 4.78 is 39.8. The van der Waals surface area contributed by atoms with Gasteiger partial charge in [0.15, 0.2) is 23.2 Å². The van der Waals surface area contributed by atoms with Crippen LogP contribution in [-0.4, -0.2) is 117 Å². The van der Waals surface area contributed by atoms with Crippen molar-refractivity contribution < 1.29 is 27.9 Å². The van der Waals surface area contributed by atoms with E-state index in [9.17, 15) is 18.6 Å². The van der Waals surface area contributed by atoms with E-state index in [1.165, 1.54) is 22.8 Å². The molecule has 2 aliphatic rings. The highest BCUT2D eigenvalue weighted by Gasteiger charge is 2.44. The van der Waals surface area contributed by atoms with Crippen LogP contribution in [0.15, 0.2) is 43.0 Å². The Balaban J connectivity index is 1.15. The fourth-order valence-electron chi connectivity index (χ4n) is 4.83. The first-order chi connectivity index (χ1) is 18.3. The molecule has 206 valence electrons. The van der Waals surface area contributed by atoms with Gasteiger partial charge >= 0.3 is 10.3 Å². The van der Waals surface area contributed by atoms with Gasteiger partial charge in [-0.1, -0.05) is 30.3 Å². The molecular formula is C23H32N8O6S. The number of aliphatic hydroxyl groups excluding tert-OH is 2. The van der Waals surface area contributed by atoms with Gasteiger partial charge in [-0.3, -0.25) is 18.9 Å². The van der Waals surface area contributed by atoms with E-state index in [1.54, 1.807) is 0 Å². The van der Waals surface area contributed by atoms with E-state index in [0.717, 1.165) is 39.3 Å². The van der Waals surface area contributed by atoms with E-state index in [4.69, 9.17) is 9.29 Å². The van der Waals surface area contributed by atoms with Crippen LogP contribution in [0.2, 0.25) is 0 Å². The van der Waals surface area contributed by atoms with Gasteiger partial charge in [0.05, 0.1) is 6.33 Å². The molecule has 3 aromatic rings. The Hall–Kier alpha value is -2.76. The zero-order chi connectivity index (χ0) is 26.7. The van der Waals surface area contributed by atoms with Crippen molar-refractivity contribution in [1.82, 2.24) is 34.0 Å². The predicted molar refractivity (Wildman–Crippen MR) is 137 cm³/mol. The molecule has 38 heavy (non-hydrogen) atoms. The van der Waals surface area contributed by atoms with Gasteiger partial charge in [0, 0.05) is 52.4 Å². The largest absolute Gasteiger partial charge is 0.387 e. The molecule has 0 bridgehead atoms. The Morgan fingerprint density at radius 1 is 1.00 bits per heavy atom. The summed E-state index contributed by atoms with van der Waals surface area (Å²) in [7, 11) is -4.47. The summed E-state index contributed by atoms with van der Waals surface area (Å²) in [5.41, 5.74) is 2.19. The van der Waals surface area contributed by atoms with Gasteiger partial charge in [-0.2, -0.15) is 13.1 Å². The van der Waals surface area contributed by atoms with Gasteiger partial charge in [-0.25, -0.2) is 15.0 Å². The highest BCUT2D eigenvalue weighted by Crippen LogP contribution is 2.32. The second kappa shape index (κ2) is 11.5. The van der Waals surface area contributed by atoms with E-state index < -0.39 is 41.4 Å². The fourth-order valence-corrected chi connectivity index (χ4v) is 5.20. The summed E-state index contributed by atoms with van der Waals surface area (Å²) in [6.07, 6.45) is -2.09. The third-order valence-electron chi connectivity index (χ3n) is 6.87. The molecular weight excluding hydrogens is 516 g/mol. The number of imidazole rings is 1. The van der Waals surface area contributed by atoms with Crippen LogP contribution in [0.4, 0.5) is 5.82 Å². The molecule has 0 amide bonds. The van der Waals surface area contributed by atoms with Crippen molar-refractivity contribution in [2.75, 3.05) is 51.1 Å². The number of benzene rings is 1. The first kappa shape index (κ1) is 26.8. The second-order valence-electron chi connectivity index (χ2n) is 9.45. The number of aromatic nitrogens is 4. The number of hydrogen-bond donors (Lipinski definition) is 5. The van der Waals surface area contributed by atoms with E-state index in [1.807, 2.05) is 10.8 Å². The average molecular weight is 549 g/mol. The Labute approximate surface area is 220 Å². The number of piperazine rings is 1. The van der Waals surface area contributed by atoms with Crippen LogP contribution in [0.1, 0.15) is 11.8 Å². The van der Waals surface area contributed by atoms with Crippen LogP contribution in [0.5, 0.6) is 0 Å². The van der Waals surface area contributed by atoms with Crippen molar-refractivity contribution in [3.63, 3.8) is 0 Å².